The second-order valence-corrected chi connectivity index (χ2v) is 8.12. The number of carbonyl (C=O) groups excluding carboxylic acids is 2. The van der Waals surface area contributed by atoms with Gasteiger partial charge in [0.2, 0.25) is 0 Å². The molecule has 11 heteroatoms. The van der Waals surface area contributed by atoms with Crippen molar-refractivity contribution in [3.8, 4) is 11.5 Å². The van der Waals surface area contributed by atoms with Crippen LogP contribution in [-0.2, 0) is 9.59 Å². The Hall–Kier alpha value is -3.69. The van der Waals surface area contributed by atoms with Crippen LogP contribution in [0.3, 0.4) is 0 Å². The van der Waals surface area contributed by atoms with Crippen molar-refractivity contribution in [1.29, 1.82) is 0 Å². The Bertz CT molecular complexity index is 1380. The highest BCUT2D eigenvalue weighted by Crippen LogP contribution is 2.48. The van der Waals surface area contributed by atoms with E-state index in [2.05, 4.69) is 4.98 Å². The zero-order chi connectivity index (χ0) is 25.4. The van der Waals surface area contributed by atoms with Gasteiger partial charge < -0.3 is 14.6 Å². The first-order valence-electron chi connectivity index (χ1n) is 9.97. The normalized spacial score (nSPS) is 17.1. The molecule has 1 aliphatic heterocycles. The monoisotopic (exact) mass is 520 g/mol. The zero-order valence-electron chi connectivity index (χ0n) is 18.2. The SMILES string of the molecule is COc1c(Cl)cc(/C(O)=C2\C(=O)C(=O)N(c3ccc(F)cc3F)C2c2cccnc2)c(OC)c1Cl. The van der Waals surface area contributed by atoms with E-state index in [9.17, 15) is 23.5 Å². The molecule has 3 aromatic rings. The quantitative estimate of drug-likeness (QED) is 0.278. The molecule has 35 heavy (non-hydrogen) atoms. The molecule has 1 fully saturated rings. The van der Waals surface area contributed by atoms with E-state index in [1.165, 1.54) is 44.8 Å². The number of hydrogen-bond donors (Lipinski definition) is 1. The van der Waals surface area contributed by atoms with Gasteiger partial charge in [-0.2, -0.15) is 0 Å². The van der Waals surface area contributed by atoms with E-state index in [4.69, 9.17) is 32.7 Å². The first-order chi connectivity index (χ1) is 16.7. The van der Waals surface area contributed by atoms with Crippen LogP contribution in [0.4, 0.5) is 14.5 Å². The number of ether oxygens (including phenoxy) is 2. The van der Waals surface area contributed by atoms with Crippen LogP contribution in [0.15, 0.2) is 54.4 Å². The lowest BCUT2D eigenvalue weighted by Gasteiger charge is -2.25. The smallest absolute Gasteiger partial charge is 0.300 e. The van der Waals surface area contributed by atoms with Gasteiger partial charge in [0.05, 0.1) is 42.1 Å². The molecule has 2 heterocycles. The van der Waals surface area contributed by atoms with Crippen LogP contribution in [-0.4, -0.2) is 36.0 Å². The van der Waals surface area contributed by atoms with E-state index >= 15 is 0 Å². The Balaban J connectivity index is 2.02. The van der Waals surface area contributed by atoms with Crippen molar-refractivity contribution in [1.82, 2.24) is 4.98 Å². The lowest BCUT2D eigenvalue weighted by Crippen LogP contribution is -2.30. The van der Waals surface area contributed by atoms with Gasteiger partial charge in [-0.3, -0.25) is 19.5 Å². The maximum absolute atomic E-state index is 14.7. The lowest BCUT2D eigenvalue weighted by molar-refractivity contribution is -0.132. The number of Topliss-reactive ketones (excluding diaryl/α,β-unsaturated/α-hetero) is 1. The largest absolute Gasteiger partial charge is 0.507 e. The van der Waals surface area contributed by atoms with Crippen molar-refractivity contribution in [3.63, 3.8) is 0 Å². The predicted molar refractivity (Wildman–Crippen MR) is 125 cm³/mol. The summed E-state index contributed by atoms with van der Waals surface area (Å²) >= 11 is 12.6. The van der Waals surface area contributed by atoms with Crippen LogP contribution in [0, 0.1) is 11.6 Å². The van der Waals surface area contributed by atoms with Crippen molar-refractivity contribution >= 4 is 46.3 Å². The van der Waals surface area contributed by atoms with Gasteiger partial charge in [0.25, 0.3) is 11.7 Å². The van der Waals surface area contributed by atoms with Gasteiger partial charge in [0.1, 0.15) is 22.4 Å². The highest BCUT2D eigenvalue weighted by atomic mass is 35.5. The molecule has 0 aliphatic carbocycles. The summed E-state index contributed by atoms with van der Waals surface area (Å²) in [5.41, 5.74) is -0.585. The molecule has 2 aromatic carbocycles. The summed E-state index contributed by atoms with van der Waals surface area (Å²) in [7, 11) is 2.60. The van der Waals surface area contributed by atoms with E-state index in [1.807, 2.05) is 0 Å². The molecule has 1 aromatic heterocycles. The molecule has 1 unspecified atom stereocenters. The molecule has 7 nitrogen and oxygen atoms in total. The fourth-order valence-electron chi connectivity index (χ4n) is 3.90. The highest BCUT2D eigenvalue weighted by molar-refractivity contribution is 6.52. The standard InChI is InChI=1S/C24H16Cl2F2N2O5/c1-34-22-13(9-14(25)23(35-2)18(22)26)20(31)17-19(11-4-3-7-29-10-11)30(24(33)21(17)32)16-6-5-12(27)8-15(16)28/h3-10,19,31H,1-2H3/b20-17+. The van der Waals surface area contributed by atoms with E-state index in [0.717, 1.165) is 17.0 Å². The summed E-state index contributed by atoms with van der Waals surface area (Å²) < 4.78 is 38.8. The number of amides is 1. The van der Waals surface area contributed by atoms with E-state index < -0.39 is 40.7 Å². The van der Waals surface area contributed by atoms with Gasteiger partial charge in [0, 0.05) is 18.5 Å². The van der Waals surface area contributed by atoms with Crippen LogP contribution in [0.2, 0.25) is 10.0 Å². The van der Waals surface area contributed by atoms with Gasteiger partial charge in [-0.25, -0.2) is 8.78 Å². The number of nitrogens with zero attached hydrogens (tertiary/aromatic N) is 2. The van der Waals surface area contributed by atoms with Crippen molar-refractivity contribution in [3.05, 3.63) is 87.2 Å². The summed E-state index contributed by atoms with van der Waals surface area (Å²) in [6, 6.07) is 5.58. The second kappa shape index (κ2) is 9.52. The molecule has 1 saturated heterocycles. The number of halogens is 4. The van der Waals surface area contributed by atoms with E-state index in [1.54, 1.807) is 0 Å². The number of anilines is 1. The van der Waals surface area contributed by atoms with Crippen molar-refractivity contribution in [2.24, 2.45) is 0 Å². The summed E-state index contributed by atoms with van der Waals surface area (Å²) in [5, 5.41) is 11.2. The van der Waals surface area contributed by atoms with Crippen LogP contribution in [0.5, 0.6) is 11.5 Å². The van der Waals surface area contributed by atoms with Crippen LogP contribution in [0.25, 0.3) is 5.76 Å². The number of hydrogen-bond acceptors (Lipinski definition) is 6. The van der Waals surface area contributed by atoms with Crippen molar-refractivity contribution < 1.29 is 33.0 Å². The highest BCUT2D eigenvalue weighted by Gasteiger charge is 2.48. The number of pyridine rings is 1. The maximum atomic E-state index is 14.7. The number of methoxy groups -OCH3 is 2. The predicted octanol–water partition coefficient (Wildman–Crippen LogP) is 5.31. The van der Waals surface area contributed by atoms with Gasteiger partial charge in [0.15, 0.2) is 11.5 Å². The fraction of sp³-hybridized carbons (Fsp3) is 0.125. The van der Waals surface area contributed by atoms with Gasteiger partial charge in [-0.15, -0.1) is 0 Å². The molecule has 1 atom stereocenters. The number of carbonyl (C=O) groups is 2. The molecular formula is C24H16Cl2F2N2O5. The first-order valence-corrected chi connectivity index (χ1v) is 10.7. The van der Waals surface area contributed by atoms with Gasteiger partial charge in [-0.1, -0.05) is 29.3 Å². The minimum Gasteiger partial charge on any atom is -0.507 e. The topological polar surface area (TPSA) is 89.0 Å². The Labute approximate surface area is 208 Å². The Morgan fingerprint density at radius 2 is 1.80 bits per heavy atom. The summed E-state index contributed by atoms with van der Waals surface area (Å²) in [5.74, 6) is -4.89. The number of aliphatic hydroxyl groups excluding tert-OH is 1. The molecule has 1 aliphatic rings. The molecule has 1 amide bonds. The third-order valence-electron chi connectivity index (χ3n) is 5.41. The Kier molecular flexibility index (Phi) is 6.64. The van der Waals surface area contributed by atoms with Gasteiger partial charge in [-0.05, 0) is 29.8 Å². The number of rotatable bonds is 5. The number of ketones is 1. The maximum Gasteiger partial charge on any atom is 0.300 e. The molecule has 0 bridgehead atoms. The molecule has 0 radical (unpaired) electrons. The Morgan fingerprint density at radius 3 is 2.40 bits per heavy atom. The van der Waals surface area contributed by atoms with Crippen molar-refractivity contribution in [2.45, 2.75) is 6.04 Å². The summed E-state index contributed by atoms with van der Waals surface area (Å²) in [4.78, 5) is 31.1. The third kappa shape index (κ3) is 4.06. The minimum absolute atomic E-state index is 0.00316. The Morgan fingerprint density at radius 1 is 1.09 bits per heavy atom. The average Bonchev–Trinajstić information content (AvgIpc) is 3.09. The second-order valence-electron chi connectivity index (χ2n) is 7.34. The molecular weight excluding hydrogens is 505 g/mol. The summed E-state index contributed by atoms with van der Waals surface area (Å²) in [6.07, 6.45) is 2.81. The zero-order valence-corrected chi connectivity index (χ0v) is 19.7. The fourth-order valence-corrected chi connectivity index (χ4v) is 4.59. The van der Waals surface area contributed by atoms with Crippen LogP contribution >= 0.6 is 23.2 Å². The first kappa shape index (κ1) is 24.4. The molecule has 4 rings (SSSR count). The molecule has 180 valence electrons. The molecule has 0 spiro atoms. The number of aromatic nitrogens is 1. The number of benzene rings is 2. The third-order valence-corrected chi connectivity index (χ3v) is 6.03. The van der Waals surface area contributed by atoms with E-state index in [-0.39, 0.29) is 38.4 Å². The van der Waals surface area contributed by atoms with E-state index in [0.29, 0.717) is 6.07 Å². The minimum atomic E-state index is -1.31. The molecule has 0 saturated carbocycles. The average molecular weight is 521 g/mol. The summed E-state index contributed by atoms with van der Waals surface area (Å²) in [6.45, 7) is 0. The lowest BCUT2D eigenvalue weighted by atomic mass is 9.95. The number of aliphatic hydroxyl groups is 1. The van der Waals surface area contributed by atoms with Gasteiger partial charge >= 0.3 is 0 Å². The van der Waals surface area contributed by atoms with Crippen LogP contribution in [0.1, 0.15) is 17.2 Å². The van der Waals surface area contributed by atoms with Crippen molar-refractivity contribution in [2.75, 3.05) is 19.1 Å². The molecule has 1 N–H and O–H groups in total. The van der Waals surface area contributed by atoms with Crippen LogP contribution < -0.4 is 14.4 Å².